The minimum absolute atomic E-state index is 0.147. The number of aryl methyl sites for hydroxylation is 1. The van der Waals surface area contributed by atoms with Crippen molar-refractivity contribution in [1.29, 1.82) is 0 Å². The van der Waals surface area contributed by atoms with Gasteiger partial charge in [-0.2, -0.15) is 0 Å². The molecule has 1 aromatic rings. The highest BCUT2D eigenvalue weighted by Crippen LogP contribution is 2.21. The van der Waals surface area contributed by atoms with E-state index in [2.05, 4.69) is 37.7 Å². The average molecular weight is 300 g/mol. The molecule has 0 spiro atoms. The first-order valence-corrected chi connectivity index (χ1v) is 6.95. The highest BCUT2D eigenvalue weighted by atomic mass is 79.9. The third kappa shape index (κ3) is 3.39. The zero-order valence-electron chi connectivity index (χ0n) is 10.1. The molecule has 17 heavy (non-hydrogen) atoms. The van der Waals surface area contributed by atoms with Crippen LogP contribution in [0.25, 0.3) is 0 Å². The van der Waals surface area contributed by atoms with Crippen LogP contribution in [-0.2, 0) is 6.42 Å². The molecule has 5 heteroatoms. The third-order valence-corrected chi connectivity index (χ3v) is 3.40. The monoisotopic (exact) mass is 299 g/mol. The molecule has 2 rings (SSSR count). The Balaban J connectivity index is 2.14. The molecular formula is C12H18BrN3O. The van der Waals surface area contributed by atoms with Gasteiger partial charge in [-0.1, -0.05) is 6.92 Å². The summed E-state index contributed by atoms with van der Waals surface area (Å²) in [6.45, 7) is 3.87. The number of anilines is 1. The van der Waals surface area contributed by atoms with Crippen LogP contribution in [0.3, 0.4) is 0 Å². The molecule has 0 radical (unpaired) electrons. The summed E-state index contributed by atoms with van der Waals surface area (Å²) in [4.78, 5) is 11.2. The van der Waals surface area contributed by atoms with E-state index in [4.69, 9.17) is 0 Å². The van der Waals surface area contributed by atoms with Crippen LogP contribution in [0.2, 0.25) is 0 Å². The van der Waals surface area contributed by atoms with Gasteiger partial charge in [0.05, 0.1) is 6.10 Å². The smallest absolute Gasteiger partial charge is 0.133 e. The van der Waals surface area contributed by atoms with Crippen LogP contribution in [-0.4, -0.2) is 34.3 Å². The first-order valence-electron chi connectivity index (χ1n) is 6.15. The van der Waals surface area contributed by atoms with Crippen LogP contribution in [0.15, 0.2) is 10.7 Å². The molecule has 1 aliphatic rings. The fourth-order valence-electron chi connectivity index (χ4n) is 2.04. The largest absolute Gasteiger partial charge is 0.393 e. The third-order valence-electron chi connectivity index (χ3n) is 2.99. The van der Waals surface area contributed by atoms with E-state index in [-0.39, 0.29) is 6.10 Å². The Labute approximate surface area is 110 Å². The molecule has 94 valence electrons. The van der Waals surface area contributed by atoms with E-state index in [9.17, 15) is 5.11 Å². The second-order valence-corrected chi connectivity index (χ2v) is 5.25. The van der Waals surface area contributed by atoms with Crippen molar-refractivity contribution in [2.75, 3.05) is 18.0 Å². The van der Waals surface area contributed by atoms with E-state index < -0.39 is 0 Å². The van der Waals surface area contributed by atoms with Gasteiger partial charge >= 0.3 is 0 Å². The summed E-state index contributed by atoms with van der Waals surface area (Å²) < 4.78 is 0.845. The van der Waals surface area contributed by atoms with E-state index in [1.165, 1.54) is 0 Å². The van der Waals surface area contributed by atoms with Gasteiger partial charge in [0.2, 0.25) is 0 Å². The minimum atomic E-state index is -0.147. The summed E-state index contributed by atoms with van der Waals surface area (Å²) in [5.41, 5.74) is 0. The van der Waals surface area contributed by atoms with E-state index in [0.717, 1.165) is 55.0 Å². The lowest BCUT2D eigenvalue weighted by atomic mass is 10.1. The summed E-state index contributed by atoms with van der Waals surface area (Å²) in [5.74, 6) is 1.87. The molecule has 0 atom stereocenters. The summed E-state index contributed by atoms with van der Waals surface area (Å²) >= 11 is 3.43. The molecule has 0 aromatic carbocycles. The molecular weight excluding hydrogens is 282 g/mol. The lowest BCUT2D eigenvalue weighted by Gasteiger charge is -2.30. The Hall–Kier alpha value is -0.680. The zero-order valence-corrected chi connectivity index (χ0v) is 11.7. The summed E-state index contributed by atoms with van der Waals surface area (Å²) in [7, 11) is 0. The van der Waals surface area contributed by atoms with Crippen molar-refractivity contribution in [2.24, 2.45) is 0 Å². The average Bonchev–Trinajstić information content (AvgIpc) is 2.29. The number of aromatic nitrogens is 2. The first-order chi connectivity index (χ1) is 8.19. The minimum Gasteiger partial charge on any atom is -0.393 e. The maximum Gasteiger partial charge on any atom is 0.133 e. The highest BCUT2D eigenvalue weighted by Gasteiger charge is 2.18. The number of rotatable bonds is 3. The van der Waals surface area contributed by atoms with Gasteiger partial charge in [0, 0.05) is 25.6 Å². The number of aliphatic hydroxyl groups excluding tert-OH is 1. The fourth-order valence-corrected chi connectivity index (χ4v) is 2.45. The quantitative estimate of drug-likeness (QED) is 0.869. The van der Waals surface area contributed by atoms with Gasteiger partial charge in [-0.25, -0.2) is 9.97 Å². The molecule has 0 saturated carbocycles. The fraction of sp³-hybridized carbons (Fsp3) is 0.667. The molecule has 1 saturated heterocycles. The number of nitrogens with zero attached hydrogens (tertiary/aromatic N) is 3. The standard InChI is InChI=1S/C12H18BrN3O/c1-2-3-11-14-10(13)8-12(15-11)16-6-4-9(17)5-7-16/h8-9,17H,2-7H2,1H3. The van der Waals surface area contributed by atoms with Crippen LogP contribution < -0.4 is 4.90 Å². The van der Waals surface area contributed by atoms with Crippen molar-refractivity contribution in [1.82, 2.24) is 9.97 Å². The lowest BCUT2D eigenvalue weighted by Crippen LogP contribution is -2.36. The predicted octanol–water partition coefficient (Wildman–Crippen LogP) is 2.15. The van der Waals surface area contributed by atoms with Crippen molar-refractivity contribution in [3.05, 3.63) is 16.5 Å². The molecule has 4 nitrogen and oxygen atoms in total. The molecule has 1 aromatic heterocycles. The van der Waals surface area contributed by atoms with Crippen molar-refractivity contribution < 1.29 is 5.11 Å². The van der Waals surface area contributed by atoms with Crippen LogP contribution in [0.4, 0.5) is 5.82 Å². The lowest BCUT2D eigenvalue weighted by molar-refractivity contribution is 0.145. The highest BCUT2D eigenvalue weighted by molar-refractivity contribution is 9.10. The normalized spacial score (nSPS) is 17.5. The van der Waals surface area contributed by atoms with Crippen molar-refractivity contribution in [2.45, 2.75) is 38.7 Å². The molecule has 1 N–H and O–H groups in total. The van der Waals surface area contributed by atoms with Gasteiger partial charge in [-0.3, -0.25) is 0 Å². The summed E-state index contributed by atoms with van der Waals surface area (Å²) in [6.07, 6.45) is 3.46. The Morgan fingerprint density at radius 1 is 1.41 bits per heavy atom. The van der Waals surface area contributed by atoms with E-state index in [1.54, 1.807) is 0 Å². The van der Waals surface area contributed by atoms with E-state index in [0.29, 0.717) is 0 Å². The molecule has 0 aliphatic carbocycles. The number of hydrogen-bond acceptors (Lipinski definition) is 4. The summed E-state index contributed by atoms with van der Waals surface area (Å²) in [5, 5.41) is 9.50. The molecule has 0 bridgehead atoms. The van der Waals surface area contributed by atoms with Crippen molar-refractivity contribution in [3.8, 4) is 0 Å². The van der Waals surface area contributed by atoms with Crippen molar-refractivity contribution >= 4 is 21.7 Å². The molecule has 2 heterocycles. The van der Waals surface area contributed by atoms with Gasteiger partial charge < -0.3 is 10.0 Å². The Bertz CT molecular complexity index is 378. The Morgan fingerprint density at radius 3 is 2.76 bits per heavy atom. The van der Waals surface area contributed by atoms with Crippen LogP contribution in [0.1, 0.15) is 32.0 Å². The van der Waals surface area contributed by atoms with Gasteiger partial charge in [0.25, 0.3) is 0 Å². The van der Waals surface area contributed by atoms with Gasteiger partial charge in [0.15, 0.2) is 0 Å². The van der Waals surface area contributed by atoms with E-state index in [1.807, 2.05) is 6.07 Å². The maximum absolute atomic E-state index is 9.50. The number of halogens is 1. The second-order valence-electron chi connectivity index (χ2n) is 4.43. The van der Waals surface area contributed by atoms with E-state index >= 15 is 0 Å². The molecule has 1 fully saturated rings. The zero-order chi connectivity index (χ0) is 12.3. The van der Waals surface area contributed by atoms with Crippen LogP contribution in [0, 0.1) is 0 Å². The van der Waals surface area contributed by atoms with Gasteiger partial charge in [-0.15, -0.1) is 0 Å². The first kappa shape index (κ1) is 12.8. The Kier molecular flexibility index (Phi) is 4.34. The topological polar surface area (TPSA) is 49.2 Å². The summed E-state index contributed by atoms with van der Waals surface area (Å²) in [6, 6.07) is 1.96. The second kappa shape index (κ2) is 5.78. The Morgan fingerprint density at radius 2 is 2.12 bits per heavy atom. The van der Waals surface area contributed by atoms with Crippen LogP contribution >= 0.6 is 15.9 Å². The van der Waals surface area contributed by atoms with Gasteiger partial charge in [0.1, 0.15) is 16.2 Å². The van der Waals surface area contributed by atoms with Crippen molar-refractivity contribution in [3.63, 3.8) is 0 Å². The molecule has 0 amide bonds. The predicted molar refractivity (Wildman–Crippen MR) is 71.2 cm³/mol. The molecule has 0 unspecified atom stereocenters. The number of aliphatic hydroxyl groups is 1. The SMILES string of the molecule is CCCc1nc(Br)cc(N2CCC(O)CC2)n1. The van der Waals surface area contributed by atoms with Crippen LogP contribution in [0.5, 0.6) is 0 Å². The van der Waals surface area contributed by atoms with Gasteiger partial charge in [-0.05, 0) is 35.2 Å². The maximum atomic E-state index is 9.50. The number of piperidine rings is 1. The molecule has 1 aliphatic heterocycles. The number of hydrogen-bond donors (Lipinski definition) is 1.